The summed E-state index contributed by atoms with van der Waals surface area (Å²) in [5, 5.41) is 0. The van der Waals surface area contributed by atoms with Gasteiger partial charge in [-0.15, -0.1) is 0 Å². The van der Waals surface area contributed by atoms with Crippen LogP contribution in [0.5, 0.6) is 0 Å². The maximum absolute atomic E-state index is 11.6. The molecule has 1 aromatic carbocycles. The molecule has 0 fully saturated rings. The zero-order valence-corrected chi connectivity index (χ0v) is 11.3. The predicted molar refractivity (Wildman–Crippen MR) is 68.5 cm³/mol. The van der Waals surface area contributed by atoms with Crippen molar-refractivity contribution in [2.45, 2.75) is 34.6 Å². The molecular formula is C12H19NO2S. The number of hydrogen-bond donors (Lipinski definition) is 1. The van der Waals surface area contributed by atoms with Crippen molar-refractivity contribution in [1.82, 2.24) is 0 Å². The molecule has 16 heavy (non-hydrogen) atoms. The summed E-state index contributed by atoms with van der Waals surface area (Å²) in [5.74, 6) is 0.0961. The van der Waals surface area contributed by atoms with Gasteiger partial charge in [0, 0.05) is 0 Å². The van der Waals surface area contributed by atoms with Crippen LogP contribution >= 0.6 is 0 Å². The molecule has 90 valence electrons. The van der Waals surface area contributed by atoms with Crippen molar-refractivity contribution < 1.29 is 8.42 Å². The Morgan fingerprint density at radius 2 is 1.50 bits per heavy atom. The second kappa shape index (κ2) is 4.45. The van der Waals surface area contributed by atoms with Crippen molar-refractivity contribution in [2.24, 2.45) is 0 Å². The van der Waals surface area contributed by atoms with Gasteiger partial charge in [-0.1, -0.05) is 6.07 Å². The molecule has 1 aromatic rings. The van der Waals surface area contributed by atoms with Crippen molar-refractivity contribution in [3.63, 3.8) is 0 Å². The van der Waals surface area contributed by atoms with Crippen LogP contribution in [-0.2, 0) is 10.0 Å². The normalized spacial score (nSPS) is 11.6. The molecule has 0 saturated heterocycles. The Kier molecular flexibility index (Phi) is 3.63. The van der Waals surface area contributed by atoms with E-state index in [0.29, 0.717) is 0 Å². The molecule has 3 nitrogen and oxygen atoms in total. The zero-order valence-electron chi connectivity index (χ0n) is 10.5. The maximum Gasteiger partial charge on any atom is 0.232 e. The highest BCUT2D eigenvalue weighted by molar-refractivity contribution is 7.92. The summed E-state index contributed by atoms with van der Waals surface area (Å²) in [4.78, 5) is 0. The van der Waals surface area contributed by atoms with Crippen molar-refractivity contribution >= 4 is 15.7 Å². The molecule has 0 aromatic heterocycles. The molecule has 0 saturated carbocycles. The smallest absolute Gasteiger partial charge is 0.232 e. The average molecular weight is 241 g/mol. The predicted octanol–water partition coefficient (Wildman–Crippen LogP) is 2.68. The summed E-state index contributed by atoms with van der Waals surface area (Å²) in [6.45, 7) is 9.50. The number of sulfonamides is 1. The van der Waals surface area contributed by atoms with Gasteiger partial charge in [-0.25, -0.2) is 8.42 Å². The Hall–Kier alpha value is -1.03. The fraction of sp³-hybridized carbons (Fsp3) is 0.500. The minimum atomic E-state index is -3.20. The van der Waals surface area contributed by atoms with E-state index in [1.54, 1.807) is 6.92 Å². The highest BCUT2D eigenvalue weighted by Gasteiger charge is 2.13. The van der Waals surface area contributed by atoms with Crippen molar-refractivity contribution in [2.75, 3.05) is 10.5 Å². The van der Waals surface area contributed by atoms with Gasteiger partial charge in [0.1, 0.15) is 0 Å². The fourth-order valence-corrected chi connectivity index (χ4v) is 2.36. The minimum Gasteiger partial charge on any atom is -0.283 e. The third-order valence-electron chi connectivity index (χ3n) is 3.00. The molecule has 0 amide bonds. The molecule has 0 unspecified atom stereocenters. The van der Waals surface area contributed by atoms with E-state index >= 15 is 0 Å². The summed E-state index contributed by atoms with van der Waals surface area (Å²) < 4.78 is 25.8. The summed E-state index contributed by atoms with van der Waals surface area (Å²) in [6, 6.07) is 2.08. The van der Waals surface area contributed by atoms with Crippen LogP contribution in [0.15, 0.2) is 6.07 Å². The highest BCUT2D eigenvalue weighted by Crippen LogP contribution is 2.27. The molecule has 1 N–H and O–H groups in total. The average Bonchev–Trinajstić information content (AvgIpc) is 2.22. The summed E-state index contributed by atoms with van der Waals surface area (Å²) in [7, 11) is -3.20. The zero-order chi connectivity index (χ0) is 12.5. The standard InChI is InChI=1S/C12H19NO2S/c1-6-16(14,15)13-12-10(4)8(2)7-9(3)11(12)5/h7,13H,6H2,1-5H3. The quantitative estimate of drug-likeness (QED) is 0.884. The molecule has 0 aliphatic heterocycles. The van der Waals surface area contributed by atoms with Crippen LogP contribution in [-0.4, -0.2) is 14.2 Å². The lowest BCUT2D eigenvalue weighted by molar-refractivity contribution is 0.602. The van der Waals surface area contributed by atoms with E-state index in [4.69, 9.17) is 0 Å². The second-order valence-corrected chi connectivity index (χ2v) is 6.15. The number of benzene rings is 1. The Labute approximate surface area is 97.9 Å². The minimum absolute atomic E-state index is 0.0961. The second-order valence-electron chi connectivity index (χ2n) is 4.14. The largest absolute Gasteiger partial charge is 0.283 e. The topological polar surface area (TPSA) is 46.2 Å². The van der Waals surface area contributed by atoms with Gasteiger partial charge in [-0.3, -0.25) is 4.72 Å². The van der Waals surface area contributed by atoms with E-state index in [2.05, 4.69) is 10.8 Å². The van der Waals surface area contributed by atoms with Crippen molar-refractivity contribution in [3.8, 4) is 0 Å². The van der Waals surface area contributed by atoms with Crippen LogP contribution in [0.1, 0.15) is 29.2 Å². The van der Waals surface area contributed by atoms with E-state index in [1.165, 1.54) is 0 Å². The Balaban J connectivity index is 3.34. The molecule has 0 radical (unpaired) electrons. The SMILES string of the molecule is CCS(=O)(=O)Nc1c(C)c(C)cc(C)c1C. The van der Waals surface area contributed by atoms with Crippen molar-refractivity contribution in [3.05, 3.63) is 28.3 Å². The van der Waals surface area contributed by atoms with E-state index in [-0.39, 0.29) is 5.75 Å². The molecule has 1 rings (SSSR count). The van der Waals surface area contributed by atoms with Gasteiger partial charge in [0.15, 0.2) is 0 Å². The fourth-order valence-electron chi connectivity index (χ4n) is 1.60. The molecule has 0 atom stereocenters. The summed E-state index contributed by atoms with van der Waals surface area (Å²) in [5.41, 5.74) is 4.95. The van der Waals surface area contributed by atoms with Gasteiger partial charge in [0.05, 0.1) is 11.4 Å². The molecule has 0 aliphatic carbocycles. The van der Waals surface area contributed by atoms with Crippen LogP contribution in [0.25, 0.3) is 0 Å². The summed E-state index contributed by atoms with van der Waals surface area (Å²) >= 11 is 0. The first-order chi connectivity index (χ1) is 7.28. The number of hydrogen-bond acceptors (Lipinski definition) is 2. The number of anilines is 1. The van der Waals surface area contributed by atoms with Crippen molar-refractivity contribution in [1.29, 1.82) is 0 Å². The first-order valence-corrected chi connectivity index (χ1v) is 7.01. The van der Waals surface area contributed by atoms with Crippen LogP contribution in [0.3, 0.4) is 0 Å². The third kappa shape index (κ3) is 2.55. The third-order valence-corrected chi connectivity index (χ3v) is 4.28. The van der Waals surface area contributed by atoms with E-state index < -0.39 is 10.0 Å². The Morgan fingerprint density at radius 3 is 1.88 bits per heavy atom. The van der Waals surface area contributed by atoms with Gasteiger partial charge in [-0.2, -0.15) is 0 Å². The van der Waals surface area contributed by atoms with E-state index in [1.807, 2.05) is 27.7 Å². The number of rotatable bonds is 3. The Morgan fingerprint density at radius 1 is 1.06 bits per heavy atom. The molecule has 0 spiro atoms. The van der Waals surface area contributed by atoms with Gasteiger partial charge in [-0.05, 0) is 56.9 Å². The lowest BCUT2D eigenvalue weighted by atomic mass is 9.99. The molecule has 0 heterocycles. The van der Waals surface area contributed by atoms with E-state index in [0.717, 1.165) is 27.9 Å². The molecule has 0 bridgehead atoms. The van der Waals surface area contributed by atoms with Gasteiger partial charge in [0.2, 0.25) is 10.0 Å². The van der Waals surface area contributed by atoms with Gasteiger partial charge >= 0.3 is 0 Å². The first-order valence-electron chi connectivity index (χ1n) is 5.36. The lowest BCUT2D eigenvalue weighted by Crippen LogP contribution is -2.17. The maximum atomic E-state index is 11.6. The van der Waals surface area contributed by atoms with E-state index in [9.17, 15) is 8.42 Å². The van der Waals surface area contributed by atoms with Gasteiger partial charge < -0.3 is 0 Å². The van der Waals surface area contributed by atoms with Crippen LogP contribution in [0.2, 0.25) is 0 Å². The monoisotopic (exact) mass is 241 g/mol. The van der Waals surface area contributed by atoms with Crippen LogP contribution in [0, 0.1) is 27.7 Å². The highest BCUT2D eigenvalue weighted by atomic mass is 32.2. The molecular weight excluding hydrogens is 222 g/mol. The summed E-state index contributed by atoms with van der Waals surface area (Å²) in [6.07, 6.45) is 0. The molecule has 4 heteroatoms. The van der Waals surface area contributed by atoms with Crippen LogP contribution < -0.4 is 4.72 Å². The van der Waals surface area contributed by atoms with Crippen LogP contribution in [0.4, 0.5) is 5.69 Å². The lowest BCUT2D eigenvalue weighted by Gasteiger charge is -2.16. The number of aryl methyl sites for hydroxylation is 2. The number of nitrogens with one attached hydrogen (secondary N) is 1. The molecule has 0 aliphatic rings. The first kappa shape index (κ1) is 13.0. The Bertz CT molecular complexity index is 478. The van der Waals surface area contributed by atoms with Gasteiger partial charge in [0.25, 0.3) is 0 Å².